The zero-order valence-corrected chi connectivity index (χ0v) is 14.7. The molecular formula is C19H18N4O4. The van der Waals surface area contributed by atoms with Gasteiger partial charge >= 0.3 is 0 Å². The van der Waals surface area contributed by atoms with E-state index in [9.17, 15) is 4.79 Å². The molecule has 8 nitrogen and oxygen atoms in total. The van der Waals surface area contributed by atoms with Gasteiger partial charge in [-0.05, 0) is 35.9 Å². The molecule has 2 heterocycles. The fraction of sp³-hybridized carbons (Fsp3) is 0.211. The van der Waals surface area contributed by atoms with Gasteiger partial charge in [-0.2, -0.15) is 0 Å². The molecule has 1 aliphatic rings. The molecule has 0 unspecified atom stereocenters. The van der Waals surface area contributed by atoms with Gasteiger partial charge in [0, 0.05) is 5.56 Å². The van der Waals surface area contributed by atoms with Crippen molar-refractivity contribution in [1.29, 1.82) is 0 Å². The first-order valence-corrected chi connectivity index (χ1v) is 8.41. The molecule has 3 aromatic rings. The Kier molecular flexibility index (Phi) is 4.61. The number of ether oxygens (including phenoxy) is 3. The van der Waals surface area contributed by atoms with Crippen LogP contribution in [0.3, 0.4) is 0 Å². The SMILES string of the molecule is COc1ccc(Cn2cc(CNC(=O)c3ccc4c(c3)OCO4)nn2)cc1. The van der Waals surface area contributed by atoms with Crippen molar-refractivity contribution in [3.63, 3.8) is 0 Å². The lowest BCUT2D eigenvalue weighted by Gasteiger charge is -2.04. The Morgan fingerprint density at radius 1 is 1.19 bits per heavy atom. The molecule has 0 atom stereocenters. The number of fused-ring (bicyclic) bond motifs is 1. The molecule has 1 aromatic heterocycles. The Morgan fingerprint density at radius 3 is 2.81 bits per heavy atom. The van der Waals surface area contributed by atoms with E-state index >= 15 is 0 Å². The van der Waals surface area contributed by atoms with E-state index in [2.05, 4.69) is 15.6 Å². The fourth-order valence-electron chi connectivity index (χ4n) is 2.73. The molecular weight excluding hydrogens is 348 g/mol. The van der Waals surface area contributed by atoms with Gasteiger partial charge in [-0.1, -0.05) is 17.3 Å². The van der Waals surface area contributed by atoms with Crippen LogP contribution in [-0.2, 0) is 13.1 Å². The molecule has 0 spiro atoms. The van der Waals surface area contributed by atoms with Crippen LogP contribution in [-0.4, -0.2) is 34.8 Å². The second kappa shape index (κ2) is 7.36. The molecule has 0 saturated heterocycles. The Balaban J connectivity index is 1.34. The van der Waals surface area contributed by atoms with Crippen LogP contribution in [0.15, 0.2) is 48.7 Å². The highest BCUT2D eigenvalue weighted by Gasteiger charge is 2.16. The third-order valence-corrected chi connectivity index (χ3v) is 4.15. The van der Waals surface area contributed by atoms with Crippen LogP contribution in [0.25, 0.3) is 0 Å². The van der Waals surface area contributed by atoms with E-state index in [1.54, 1.807) is 30.0 Å². The number of benzene rings is 2. The third kappa shape index (κ3) is 3.84. The second-order valence-electron chi connectivity index (χ2n) is 6.01. The summed E-state index contributed by atoms with van der Waals surface area (Å²) in [4.78, 5) is 12.3. The minimum absolute atomic E-state index is 0.178. The number of methoxy groups -OCH3 is 1. The maximum absolute atomic E-state index is 12.3. The lowest BCUT2D eigenvalue weighted by molar-refractivity contribution is 0.0950. The molecule has 1 aliphatic heterocycles. The zero-order valence-electron chi connectivity index (χ0n) is 14.7. The van der Waals surface area contributed by atoms with E-state index in [1.807, 2.05) is 30.5 Å². The van der Waals surface area contributed by atoms with Crippen molar-refractivity contribution in [2.24, 2.45) is 0 Å². The van der Waals surface area contributed by atoms with Crippen LogP contribution in [0.4, 0.5) is 0 Å². The van der Waals surface area contributed by atoms with Crippen molar-refractivity contribution in [2.45, 2.75) is 13.1 Å². The number of hydrogen-bond donors (Lipinski definition) is 1. The number of carbonyl (C=O) groups is 1. The summed E-state index contributed by atoms with van der Waals surface area (Å²) in [7, 11) is 1.64. The molecule has 27 heavy (non-hydrogen) atoms. The largest absolute Gasteiger partial charge is 0.497 e. The maximum atomic E-state index is 12.3. The normalized spacial score (nSPS) is 12.0. The van der Waals surface area contributed by atoms with Crippen LogP contribution in [0.1, 0.15) is 21.6 Å². The highest BCUT2D eigenvalue weighted by atomic mass is 16.7. The van der Waals surface area contributed by atoms with Gasteiger partial charge in [0.2, 0.25) is 6.79 Å². The van der Waals surface area contributed by atoms with Crippen molar-refractivity contribution in [3.8, 4) is 17.2 Å². The third-order valence-electron chi connectivity index (χ3n) is 4.15. The monoisotopic (exact) mass is 366 g/mol. The average molecular weight is 366 g/mol. The van der Waals surface area contributed by atoms with Crippen molar-refractivity contribution < 1.29 is 19.0 Å². The minimum atomic E-state index is -0.210. The first kappa shape index (κ1) is 16.9. The lowest BCUT2D eigenvalue weighted by atomic mass is 10.2. The summed E-state index contributed by atoms with van der Waals surface area (Å²) < 4.78 is 17.4. The van der Waals surface area contributed by atoms with Crippen LogP contribution in [0.2, 0.25) is 0 Å². The molecule has 1 N–H and O–H groups in total. The number of nitrogens with one attached hydrogen (secondary N) is 1. The lowest BCUT2D eigenvalue weighted by Crippen LogP contribution is -2.22. The number of rotatable bonds is 6. The summed E-state index contributed by atoms with van der Waals surface area (Å²) in [5.41, 5.74) is 2.26. The number of amides is 1. The van der Waals surface area contributed by atoms with E-state index in [4.69, 9.17) is 14.2 Å². The standard InChI is InChI=1S/C19H18N4O4/c1-25-16-5-2-13(3-6-16)10-23-11-15(21-22-23)9-20-19(24)14-4-7-17-18(8-14)27-12-26-17/h2-8,11H,9-10,12H2,1H3,(H,20,24). The zero-order chi connectivity index (χ0) is 18.6. The number of hydrogen-bond acceptors (Lipinski definition) is 6. The van der Waals surface area contributed by atoms with Crippen molar-refractivity contribution in [2.75, 3.05) is 13.9 Å². The van der Waals surface area contributed by atoms with Gasteiger partial charge in [-0.3, -0.25) is 4.79 Å². The maximum Gasteiger partial charge on any atom is 0.251 e. The topological polar surface area (TPSA) is 87.5 Å². The summed E-state index contributed by atoms with van der Waals surface area (Å²) in [6, 6.07) is 12.8. The van der Waals surface area contributed by atoms with Crippen LogP contribution in [0.5, 0.6) is 17.2 Å². The first-order valence-electron chi connectivity index (χ1n) is 8.41. The summed E-state index contributed by atoms with van der Waals surface area (Å²) in [5.74, 6) is 1.82. The Bertz CT molecular complexity index is 953. The molecule has 8 heteroatoms. The van der Waals surface area contributed by atoms with Crippen LogP contribution < -0.4 is 19.5 Å². The summed E-state index contributed by atoms with van der Waals surface area (Å²) in [5, 5.41) is 11.0. The molecule has 0 aliphatic carbocycles. The van der Waals surface area contributed by atoms with Gasteiger partial charge in [0.05, 0.1) is 26.4 Å². The van der Waals surface area contributed by atoms with Gasteiger partial charge in [0.1, 0.15) is 11.4 Å². The highest BCUT2D eigenvalue weighted by Crippen LogP contribution is 2.32. The Labute approximate surface area is 155 Å². The molecule has 4 rings (SSSR count). The molecule has 0 saturated carbocycles. The Morgan fingerprint density at radius 2 is 2.00 bits per heavy atom. The predicted molar refractivity (Wildman–Crippen MR) is 95.9 cm³/mol. The Hall–Kier alpha value is -3.55. The predicted octanol–water partition coefficient (Wildman–Crippen LogP) is 1.99. The summed E-state index contributed by atoms with van der Waals surface area (Å²) in [6.45, 7) is 1.06. The molecule has 2 aromatic carbocycles. The molecule has 0 fully saturated rings. The van der Waals surface area contributed by atoms with Crippen molar-refractivity contribution in [3.05, 3.63) is 65.5 Å². The summed E-state index contributed by atoms with van der Waals surface area (Å²) >= 11 is 0. The van der Waals surface area contributed by atoms with Crippen LogP contribution in [0, 0.1) is 0 Å². The van der Waals surface area contributed by atoms with Crippen molar-refractivity contribution >= 4 is 5.91 Å². The second-order valence-corrected chi connectivity index (χ2v) is 6.01. The van der Waals surface area contributed by atoms with E-state index in [0.717, 1.165) is 11.3 Å². The van der Waals surface area contributed by atoms with E-state index in [1.165, 1.54) is 0 Å². The fourth-order valence-corrected chi connectivity index (χ4v) is 2.73. The smallest absolute Gasteiger partial charge is 0.251 e. The van der Waals surface area contributed by atoms with Gasteiger partial charge in [0.15, 0.2) is 11.5 Å². The minimum Gasteiger partial charge on any atom is -0.497 e. The summed E-state index contributed by atoms with van der Waals surface area (Å²) in [6.07, 6.45) is 1.81. The molecule has 138 valence electrons. The molecule has 0 bridgehead atoms. The van der Waals surface area contributed by atoms with E-state index in [0.29, 0.717) is 29.3 Å². The highest BCUT2D eigenvalue weighted by molar-refractivity contribution is 5.94. The quantitative estimate of drug-likeness (QED) is 0.718. The average Bonchev–Trinajstić information content (AvgIpc) is 3.35. The van der Waals surface area contributed by atoms with Gasteiger partial charge in [-0.25, -0.2) is 4.68 Å². The number of nitrogens with zero attached hydrogens (tertiary/aromatic N) is 3. The molecule has 0 radical (unpaired) electrons. The van der Waals surface area contributed by atoms with Crippen molar-refractivity contribution in [1.82, 2.24) is 20.3 Å². The first-order chi connectivity index (χ1) is 13.2. The van der Waals surface area contributed by atoms with E-state index in [-0.39, 0.29) is 19.2 Å². The van der Waals surface area contributed by atoms with Gasteiger partial charge in [-0.15, -0.1) is 5.10 Å². The number of aromatic nitrogens is 3. The molecule has 1 amide bonds. The van der Waals surface area contributed by atoms with Gasteiger partial charge < -0.3 is 19.5 Å². The van der Waals surface area contributed by atoms with Crippen LogP contribution >= 0.6 is 0 Å². The van der Waals surface area contributed by atoms with E-state index < -0.39 is 0 Å². The van der Waals surface area contributed by atoms with Gasteiger partial charge in [0.25, 0.3) is 5.91 Å². The number of carbonyl (C=O) groups excluding carboxylic acids is 1.